The van der Waals surface area contributed by atoms with Crippen LogP contribution in [0.5, 0.6) is 0 Å². The molecule has 3 heterocycles. The number of esters is 1. The maximum atomic E-state index is 13.6. The van der Waals surface area contributed by atoms with E-state index in [0.717, 1.165) is 15.5 Å². The van der Waals surface area contributed by atoms with E-state index in [2.05, 4.69) is 20.9 Å². The number of nitrogens with zero attached hydrogens (tertiary/aromatic N) is 4. The van der Waals surface area contributed by atoms with Crippen molar-refractivity contribution in [2.24, 2.45) is 0 Å². The number of benzene rings is 1. The summed E-state index contributed by atoms with van der Waals surface area (Å²) in [7, 11) is 1.32. The van der Waals surface area contributed by atoms with Crippen molar-refractivity contribution in [2.75, 3.05) is 20.2 Å². The average Bonchev–Trinajstić information content (AvgIpc) is 3.08. The summed E-state index contributed by atoms with van der Waals surface area (Å²) in [4.78, 5) is 43.8. The molecule has 9 nitrogen and oxygen atoms in total. The molecule has 1 saturated heterocycles. The Labute approximate surface area is 211 Å². The number of methoxy groups -OCH3 is 1. The monoisotopic (exact) mass is 544 g/mol. The van der Waals surface area contributed by atoms with Crippen molar-refractivity contribution in [3.05, 3.63) is 62.7 Å². The Morgan fingerprint density at radius 2 is 1.83 bits per heavy atom. The second kappa shape index (κ2) is 9.85. The summed E-state index contributed by atoms with van der Waals surface area (Å²) >= 11 is 3.51. The lowest BCUT2D eigenvalue weighted by molar-refractivity contribution is 0.0188. The first-order chi connectivity index (χ1) is 16.6. The molecule has 0 saturated carbocycles. The summed E-state index contributed by atoms with van der Waals surface area (Å²) in [5, 5.41) is 0. The van der Waals surface area contributed by atoms with E-state index in [-0.39, 0.29) is 24.4 Å². The lowest BCUT2D eigenvalue weighted by atomic mass is 10.0. The van der Waals surface area contributed by atoms with Crippen molar-refractivity contribution >= 4 is 39.0 Å². The number of pyridine rings is 1. The topological polar surface area (TPSA) is 95.7 Å². The van der Waals surface area contributed by atoms with Crippen LogP contribution in [0.4, 0.5) is 4.79 Å². The van der Waals surface area contributed by atoms with Crippen molar-refractivity contribution < 1.29 is 19.1 Å². The Balaban J connectivity index is 1.61. The van der Waals surface area contributed by atoms with E-state index in [4.69, 9.17) is 9.47 Å². The zero-order chi connectivity index (χ0) is 25.3. The quantitative estimate of drug-likeness (QED) is 0.452. The van der Waals surface area contributed by atoms with Gasteiger partial charge in [0.25, 0.3) is 0 Å². The number of likely N-dealkylation sites (tertiary alicyclic amines) is 1. The number of aromatic nitrogens is 3. The molecule has 0 atom stereocenters. The SMILES string of the molecule is COC(=O)c1ccc(Cn2c(=O)n(C3CCN(C(=O)OC(C)(C)C)CC3)c3ccc(Br)cc32)nc1. The van der Waals surface area contributed by atoms with Gasteiger partial charge in [-0.25, -0.2) is 14.4 Å². The third kappa shape index (κ3) is 5.42. The van der Waals surface area contributed by atoms with E-state index in [1.165, 1.54) is 13.3 Å². The highest BCUT2D eigenvalue weighted by Crippen LogP contribution is 2.28. The van der Waals surface area contributed by atoms with E-state index in [9.17, 15) is 14.4 Å². The van der Waals surface area contributed by atoms with Crippen LogP contribution in [-0.2, 0) is 16.0 Å². The van der Waals surface area contributed by atoms with Gasteiger partial charge in [-0.1, -0.05) is 15.9 Å². The summed E-state index contributed by atoms with van der Waals surface area (Å²) in [6.07, 6.45) is 2.44. The van der Waals surface area contributed by atoms with E-state index >= 15 is 0 Å². The van der Waals surface area contributed by atoms with Crippen molar-refractivity contribution in [3.8, 4) is 0 Å². The van der Waals surface area contributed by atoms with Gasteiger partial charge in [0.2, 0.25) is 0 Å². The molecule has 1 aliphatic heterocycles. The molecule has 0 aliphatic carbocycles. The van der Waals surface area contributed by atoms with Crippen LogP contribution in [0.1, 0.15) is 55.7 Å². The number of piperidine rings is 1. The maximum absolute atomic E-state index is 13.6. The van der Waals surface area contributed by atoms with Gasteiger partial charge in [-0.05, 0) is 63.9 Å². The van der Waals surface area contributed by atoms with Crippen LogP contribution in [-0.4, -0.2) is 56.9 Å². The summed E-state index contributed by atoms with van der Waals surface area (Å²) in [5.74, 6) is -0.459. The van der Waals surface area contributed by atoms with Gasteiger partial charge in [-0.3, -0.25) is 14.1 Å². The van der Waals surface area contributed by atoms with Gasteiger partial charge in [0.05, 0.1) is 35.9 Å². The number of carbonyl (C=O) groups is 2. The van der Waals surface area contributed by atoms with Gasteiger partial charge in [0.1, 0.15) is 5.60 Å². The lowest BCUT2D eigenvalue weighted by Gasteiger charge is -2.33. The number of hydrogen-bond donors (Lipinski definition) is 0. The van der Waals surface area contributed by atoms with Crippen molar-refractivity contribution in [2.45, 2.75) is 51.8 Å². The smallest absolute Gasteiger partial charge is 0.410 e. The standard InChI is InChI=1S/C25H29BrN4O5/c1-25(2,3)35-24(33)28-11-9-19(10-12-28)30-20-8-6-17(26)13-21(20)29(23(30)32)15-18-7-5-16(14-27-18)22(31)34-4/h5-8,13-14,19H,9-12,15H2,1-4H3. The van der Waals surface area contributed by atoms with Gasteiger partial charge < -0.3 is 14.4 Å². The number of hydrogen-bond acceptors (Lipinski definition) is 6. The molecule has 2 aromatic heterocycles. The fraction of sp³-hybridized carbons (Fsp3) is 0.440. The number of carbonyl (C=O) groups excluding carboxylic acids is 2. The lowest BCUT2D eigenvalue weighted by Crippen LogP contribution is -2.43. The minimum atomic E-state index is -0.547. The molecule has 186 valence electrons. The van der Waals surface area contributed by atoms with Gasteiger partial charge in [-0.15, -0.1) is 0 Å². The summed E-state index contributed by atoms with van der Waals surface area (Å²) < 4.78 is 14.6. The molecule has 1 aromatic carbocycles. The number of ether oxygens (including phenoxy) is 2. The van der Waals surface area contributed by atoms with Gasteiger partial charge in [-0.2, -0.15) is 0 Å². The van der Waals surface area contributed by atoms with Crippen LogP contribution < -0.4 is 5.69 Å². The molecule has 0 unspecified atom stereocenters. The second-order valence-corrected chi connectivity index (χ2v) is 10.5. The number of halogens is 1. The van der Waals surface area contributed by atoms with E-state index in [1.54, 1.807) is 21.6 Å². The summed E-state index contributed by atoms with van der Waals surface area (Å²) in [5.41, 5.74) is 1.95. The Hall–Kier alpha value is -3.14. The van der Waals surface area contributed by atoms with Gasteiger partial charge in [0, 0.05) is 29.8 Å². The second-order valence-electron chi connectivity index (χ2n) is 9.60. The van der Waals surface area contributed by atoms with Crippen molar-refractivity contribution in [3.63, 3.8) is 0 Å². The van der Waals surface area contributed by atoms with Crippen LogP contribution >= 0.6 is 15.9 Å². The molecule has 10 heteroatoms. The molecule has 4 rings (SSSR count). The molecular formula is C25H29BrN4O5. The highest BCUT2D eigenvalue weighted by atomic mass is 79.9. The van der Waals surface area contributed by atoms with Crippen LogP contribution in [0.25, 0.3) is 11.0 Å². The first-order valence-corrected chi connectivity index (χ1v) is 12.3. The molecular weight excluding hydrogens is 516 g/mol. The third-order valence-corrected chi connectivity index (χ3v) is 6.47. The van der Waals surface area contributed by atoms with E-state index < -0.39 is 11.6 Å². The number of rotatable bonds is 4. The first kappa shape index (κ1) is 25.0. The Kier molecular flexibility index (Phi) is 7.02. The molecule has 1 amide bonds. The first-order valence-electron chi connectivity index (χ1n) is 11.5. The molecule has 35 heavy (non-hydrogen) atoms. The minimum Gasteiger partial charge on any atom is -0.465 e. The number of imidazole rings is 1. The van der Waals surface area contributed by atoms with Crippen molar-refractivity contribution in [1.29, 1.82) is 0 Å². The van der Waals surface area contributed by atoms with Crippen molar-refractivity contribution in [1.82, 2.24) is 19.0 Å². The summed E-state index contributed by atoms with van der Waals surface area (Å²) in [6.45, 7) is 6.85. The van der Waals surface area contributed by atoms with Crippen LogP contribution in [0, 0.1) is 0 Å². The molecule has 0 spiro atoms. The summed E-state index contributed by atoms with van der Waals surface area (Å²) in [6, 6.07) is 9.10. The zero-order valence-corrected chi connectivity index (χ0v) is 21.9. The normalized spacial score (nSPS) is 14.8. The molecule has 3 aromatic rings. The predicted octanol–water partition coefficient (Wildman–Crippen LogP) is 4.37. The Bertz CT molecular complexity index is 1300. The zero-order valence-electron chi connectivity index (χ0n) is 20.3. The molecule has 0 radical (unpaired) electrons. The molecule has 1 fully saturated rings. The molecule has 0 bridgehead atoms. The highest BCUT2D eigenvalue weighted by molar-refractivity contribution is 9.10. The molecule has 0 N–H and O–H groups in total. The van der Waals surface area contributed by atoms with Gasteiger partial charge in [0.15, 0.2) is 0 Å². The fourth-order valence-electron chi connectivity index (χ4n) is 4.31. The van der Waals surface area contributed by atoms with Gasteiger partial charge >= 0.3 is 17.8 Å². The average molecular weight is 545 g/mol. The number of amides is 1. The Morgan fingerprint density at radius 1 is 1.11 bits per heavy atom. The largest absolute Gasteiger partial charge is 0.465 e. The van der Waals surface area contributed by atoms with E-state index in [1.807, 2.05) is 43.5 Å². The predicted molar refractivity (Wildman–Crippen MR) is 135 cm³/mol. The third-order valence-electron chi connectivity index (χ3n) is 5.97. The molecule has 1 aliphatic rings. The fourth-order valence-corrected chi connectivity index (χ4v) is 4.66. The highest BCUT2D eigenvalue weighted by Gasteiger charge is 2.30. The number of fused-ring (bicyclic) bond motifs is 1. The van der Waals surface area contributed by atoms with Crippen LogP contribution in [0.2, 0.25) is 0 Å². The van der Waals surface area contributed by atoms with Crippen LogP contribution in [0.3, 0.4) is 0 Å². The minimum absolute atomic E-state index is 0.0410. The van der Waals surface area contributed by atoms with E-state index in [0.29, 0.717) is 37.2 Å². The Morgan fingerprint density at radius 3 is 2.43 bits per heavy atom. The van der Waals surface area contributed by atoms with Crippen LogP contribution in [0.15, 0.2) is 45.8 Å². The maximum Gasteiger partial charge on any atom is 0.410 e.